The first kappa shape index (κ1) is 14.1. The number of anilines is 1. The van der Waals surface area contributed by atoms with E-state index in [1.807, 2.05) is 6.07 Å². The van der Waals surface area contributed by atoms with Crippen molar-refractivity contribution in [2.24, 2.45) is 0 Å². The predicted molar refractivity (Wildman–Crippen MR) is 84.4 cm³/mol. The number of rotatable bonds is 3. The third kappa shape index (κ3) is 2.51. The van der Waals surface area contributed by atoms with E-state index >= 15 is 0 Å². The SMILES string of the molecule is O=C(Nc1ccccc1[N+](=O)[O-])c1cc2cccc(Cl)c2[nH]1. The molecule has 22 heavy (non-hydrogen) atoms. The lowest BCUT2D eigenvalue weighted by molar-refractivity contribution is -0.383. The van der Waals surface area contributed by atoms with Gasteiger partial charge in [0.1, 0.15) is 11.4 Å². The van der Waals surface area contributed by atoms with E-state index in [4.69, 9.17) is 11.6 Å². The minimum Gasteiger partial charge on any atom is -0.349 e. The Morgan fingerprint density at radius 1 is 1.18 bits per heavy atom. The summed E-state index contributed by atoms with van der Waals surface area (Å²) in [6.07, 6.45) is 0. The molecule has 0 aliphatic rings. The molecule has 0 saturated heterocycles. The molecular weight excluding hydrogens is 306 g/mol. The van der Waals surface area contributed by atoms with Crippen molar-refractivity contribution in [3.05, 3.63) is 69.4 Å². The van der Waals surface area contributed by atoms with Crippen LogP contribution in [0, 0.1) is 10.1 Å². The monoisotopic (exact) mass is 315 g/mol. The van der Waals surface area contributed by atoms with Crippen LogP contribution in [0.5, 0.6) is 0 Å². The number of amides is 1. The van der Waals surface area contributed by atoms with Crippen molar-refractivity contribution in [3.8, 4) is 0 Å². The number of halogens is 1. The number of hydrogen-bond donors (Lipinski definition) is 2. The Bertz CT molecular complexity index is 889. The van der Waals surface area contributed by atoms with E-state index < -0.39 is 10.8 Å². The molecule has 6 nitrogen and oxygen atoms in total. The molecule has 0 bridgehead atoms. The van der Waals surface area contributed by atoms with Gasteiger partial charge in [-0.3, -0.25) is 14.9 Å². The van der Waals surface area contributed by atoms with Crippen LogP contribution >= 0.6 is 11.6 Å². The smallest absolute Gasteiger partial charge is 0.292 e. The third-order valence-electron chi connectivity index (χ3n) is 3.20. The van der Waals surface area contributed by atoms with E-state index in [0.29, 0.717) is 10.5 Å². The normalized spacial score (nSPS) is 10.6. The molecule has 0 saturated carbocycles. The van der Waals surface area contributed by atoms with Crippen molar-refractivity contribution in [3.63, 3.8) is 0 Å². The van der Waals surface area contributed by atoms with Crippen LogP contribution in [0.3, 0.4) is 0 Å². The zero-order chi connectivity index (χ0) is 15.7. The van der Waals surface area contributed by atoms with Gasteiger partial charge in [0, 0.05) is 11.5 Å². The summed E-state index contributed by atoms with van der Waals surface area (Å²) in [5, 5.41) is 14.8. The summed E-state index contributed by atoms with van der Waals surface area (Å²) in [4.78, 5) is 25.6. The fourth-order valence-electron chi connectivity index (χ4n) is 2.17. The van der Waals surface area contributed by atoms with Crippen LogP contribution in [0.4, 0.5) is 11.4 Å². The number of carbonyl (C=O) groups excluding carboxylic acids is 1. The molecular formula is C15H10ClN3O3. The van der Waals surface area contributed by atoms with Gasteiger partial charge >= 0.3 is 0 Å². The summed E-state index contributed by atoms with van der Waals surface area (Å²) >= 11 is 6.05. The van der Waals surface area contributed by atoms with E-state index in [-0.39, 0.29) is 17.1 Å². The number of benzene rings is 2. The Labute approximate surface area is 129 Å². The Morgan fingerprint density at radius 2 is 1.95 bits per heavy atom. The van der Waals surface area contributed by atoms with Crippen molar-refractivity contribution >= 4 is 39.8 Å². The van der Waals surface area contributed by atoms with Gasteiger partial charge in [0.2, 0.25) is 0 Å². The first-order chi connectivity index (χ1) is 10.6. The van der Waals surface area contributed by atoms with Crippen LogP contribution in [0.1, 0.15) is 10.5 Å². The highest BCUT2D eigenvalue weighted by atomic mass is 35.5. The average Bonchev–Trinajstić information content (AvgIpc) is 2.93. The molecule has 0 fully saturated rings. The van der Waals surface area contributed by atoms with Crippen molar-refractivity contribution < 1.29 is 9.72 Å². The lowest BCUT2D eigenvalue weighted by atomic mass is 10.2. The van der Waals surface area contributed by atoms with Gasteiger partial charge in [-0.1, -0.05) is 35.9 Å². The maximum absolute atomic E-state index is 12.3. The summed E-state index contributed by atoms with van der Waals surface area (Å²) in [5.41, 5.74) is 0.908. The largest absolute Gasteiger partial charge is 0.349 e. The Morgan fingerprint density at radius 3 is 2.68 bits per heavy atom. The summed E-state index contributed by atoms with van der Waals surface area (Å²) < 4.78 is 0. The Balaban J connectivity index is 1.94. The molecule has 3 aromatic rings. The van der Waals surface area contributed by atoms with Gasteiger partial charge in [-0.25, -0.2) is 0 Å². The third-order valence-corrected chi connectivity index (χ3v) is 3.51. The second-order valence-corrected chi connectivity index (χ2v) is 5.02. The zero-order valence-electron chi connectivity index (χ0n) is 11.2. The van der Waals surface area contributed by atoms with Gasteiger partial charge < -0.3 is 10.3 Å². The molecule has 110 valence electrons. The van der Waals surface area contributed by atoms with Gasteiger partial charge in [-0.2, -0.15) is 0 Å². The second-order valence-electron chi connectivity index (χ2n) is 4.62. The number of fused-ring (bicyclic) bond motifs is 1. The lowest BCUT2D eigenvalue weighted by Crippen LogP contribution is -2.13. The molecule has 0 radical (unpaired) electrons. The van der Waals surface area contributed by atoms with Crippen LogP contribution in [0.15, 0.2) is 48.5 Å². The van der Waals surface area contributed by atoms with Crippen molar-refractivity contribution in [1.82, 2.24) is 4.98 Å². The molecule has 2 N–H and O–H groups in total. The number of para-hydroxylation sites is 3. The second kappa shape index (κ2) is 5.50. The molecule has 2 aromatic carbocycles. The van der Waals surface area contributed by atoms with Gasteiger partial charge in [0.25, 0.3) is 11.6 Å². The van der Waals surface area contributed by atoms with Crippen LogP contribution in [-0.2, 0) is 0 Å². The number of H-pyrrole nitrogens is 1. The molecule has 7 heteroatoms. The average molecular weight is 316 g/mol. The fraction of sp³-hybridized carbons (Fsp3) is 0. The minimum atomic E-state index is -0.544. The molecule has 0 unspecified atom stereocenters. The molecule has 1 amide bonds. The van der Waals surface area contributed by atoms with E-state index in [1.54, 1.807) is 24.3 Å². The summed E-state index contributed by atoms with van der Waals surface area (Å²) in [6, 6.07) is 12.9. The molecule has 0 atom stereocenters. The number of aromatic nitrogens is 1. The van der Waals surface area contributed by atoms with E-state index in [1.165, 1.54) is 18.2 Å². The number of carbonyl (C=O) groups is 1. The summed E-state index contributed by atoms with van der Waals surface area (Å²) in [7, 11) is 0. The summed E-state index contributed by atoms with van der Waals surface area (Å²) in [6.45, 7) is 0. The van der Waals surface area contributed by atoms with Gasteiger partial charge in [0.15, 0.2) is 0 Å². The first-order valence-corrected chi connectivity index (χ1v) is 6.76. The number of hydrogen-bond acceptors (Lipinski definition) is 3. The van der Waals surface area contributed by atoms with E-state index in [0.717, 1.165) is 5.39 Å². The molecule has 1 heterocycles. The van der Waals surface area contributed by atoms with Crippen LogP contribution in [0.25, 0.3) is 10.9 Å². The molecule has 0 spiro atoms. The van der Waals surface area contributed by atoms with E-state index in [2.05, 4.69) is 10.3 Å². The van der Waals surface area contributed by atoms with Crippen LogP contribution in [0.2, 0.25) is 5.02 Å². The number of nitro groups is 1. The topological polar surface area (TPSA) is 88.0 Å². The number of nitrogens with zero attached hydrogens (tertiary/aromatic N) is 1. The maximum atomic E-state index is 12.3. The summed E-state index contributed by atoms with van der Waals surface area (Å²) in [5.74, 6) is -0.471. The van der Waals surface area contributed by atoms with Gasteiger partial charge in [-0.15, -0.1) is 0 Å². The highest BCUT2D eigenvalue weighted by molar-refractivity contribution is 6.35. The van der Waals surface area contributed by atoms with Crippen LogP contribution < -0.4 is 5.32 Å². The highest BCUT2D eigenvalue weighted by Crippen LogP contribution is 2.26. The highest BCUT2D eigenvalue weighted by Gasteiger charge is 2.17. The molecule has 3 rings (SSSR count). The van der Waals surface area contributed by atoms with Crippen molar-refractivity contribution in [2.75, 3.05) is 5.32 Å². The standard InChI is InChI=1S/C15H10ClN3O3/c16-10-5-3-4-9-8-12(17-14(9)10)15(20)18-11-6-1-2-7-13(11)19(21)22/h1-8,17H,(H,18,20). The molecule has 1 aromatic heterocycles. The van der Waals surface area contributed by atoms with Crippen LogP contribution in [-0.4, -0.2) is 15.8 Å². The molecule has 0 aliphatic carbocycles. The maximum Gasteiger partial charge on any atom is 0.292 e. The first-order valence-electron chi connectivity index (χ1n) is 6.38. The minimum absolute atomic E-state index is 0.141. The fourth-order valence-corrected chi connectivity index (χ4v) is 2.40. The lowest BCUT2D eigenvalue weighted by Gasteiger charge is -2.04. The predicted octanol–water partition coefficient (Wildman–Crippen LogP) is 3.98. The van der Waals surface area contributed by atoms with Crippen molar-refractivity contribution in [2.45, 2.75) is 0 Å². The Kier molecular flexibility index (Phi) is 3.52. The number of nitrogens with one attached hydrogen (secondary N) is 2. The van der Waals surface area contributed by atoms with E-state index in [9.17, 15) is 14.9 Å². The zero-order valence-corrected chi connectivity index (χ0v) is 11.9. The van der Waals surface area contributed by atoms with Crippen molar-refractivity contribution in [1.29, 1.82) is 0 Å². The molecule has 0 aliphatic heterocycles. The Hall–Kier alpha value is -2.86. The number of aromatic amines is 1. The number of nitro benzene ring substituents is 1. The van der Waals surface area contributed by atoms with Gasteiger partial charge in [-0.05, 0) is 18.2 Å². The quantitative estimate of drug-likeness (QED) is 0.566. The van der Waals surface area contributed by atoms with Gasteiger partial charge in [0.05, 0.1) is 15.5 Å².